The molecule has 0 radical (unpaired) electrons. The van der Waals surface area contributed by atoms with Gasteiger partial charge < -0.3 is 5.32 Å². The van der Waals surface area contributed by atoms with Crippen molar-refractivity contribution in [2.24, 2.45) is 11.3 Å². The maximum atomic E-state index is 4.60. The van der Waals surface area contributed by atoms with Crippen LogP contribution >= 0.6 is 0 Å². The molecule has 0 bridgehead atoms. The second kappa shape index (κ2) is 6.88. The summed E-state index contributed by atoms with van der Waals surface area (Å²) in [5, 5.41) is 3.30. The second-order valence-corrected chi connectivity index (χ2v) is 8.01. The molecule has 0 unspecified atom stereocenters. The lowest BCUT2D eigenvalue weighted by molar-refractivity contribution is 0.169. The second-order valence-electron chi connectivity index (χ2n) is 8.01. The number of aromatic nitrogens is 3. The maximum absolute atomic E-state index is 4.60. The molecule has 2 aromatic rings. The molecule has 0 saturated heterocycles. The Morgan fingerprint density at radius 3 is 2.29 bits per heavy atom. The van der Waals surface area contributed by atoms with Crippen LogP contribution in [0.5, 0.6) is 0 Å². The molecule has 1 N–H and O–H groups in total. The number of aryl methyl sites for hydroxylation is 1. The summed E-state index contributed by atoms with van der Waals surface area (Å²) >= 11 is 0. The van der Waals surface area contributed by atoms with Crippen molar-refractivity contribution in [2.45, 2.75) is 59.3 Å². The lowest BCUT2D eigenvalue weighted by Crippen LogP contribution is -2.25. The third kappa shape index (κ3) is 3.92. The monoisotopic (exact) mass is 324 g/mol. The van der Waals surface area contributed by atoms with E-state index < -0.39 is 0 Å². The van der Waals surface area contributed by atoms with Gasteiger partial charge in [-0.15, -0.1) is 0 Å². The molecule has 0 aromatic carbocycles. The van der Waals surface area contributed by atoms with Gasteiger partial charge in [-0.3, -0.25) is 4.98 Å². The molecule has 1 fully saturated rings. The molecule has 2 aromatic heterocycles. The fraction of sp³-hybridized carbons (Fsp3) is 0.550. The fourth-order valence-corrected chi connectivity index (χ4v) is 3.68. The first-order valence-electron chi connectivity index (χ1n) is 8.94. The average molecular weight is 324 g/mol. The van der Waals surface area contributed by atoms with E-state index in [2.05, 4.69) is 53.3 Å². The normalized spacial score (nSPS) is 21.5. The van der Waals surface area contributed by atoms with Crippen molar-refractivity contribution in [1.29, 1.82) is 0 Å². The minimum absolute atomic E-state index is 0.424. The molecule has 1 aliphatic rings. The minimum Gasteiger partial charge on any atom is -0.323 e. The minimum atomic E-state index is 0.424. The van der Waals surface area contributed by atoms with Crippen LogP contribution < -0.4 is 5.32 Å². The van der Waals surface area contributed by atoms with Crippen LogP contribution in [0, 0.1) is 18.3 Å². The molecule has 1 aliphatic carbocycles. The summed E-state index contributed by atoms with van der Waals surface area (Å²) in [6.07, 6.45) is 10.7. The van der Waals surface area contributed by atoms with Gasteiger partial charge in [-0.25, -0.2) is 9.97 Å². The zero-order chi connectivity index (χ0) is 17.2. The van der Waals surface area contributed by atoms with E-state index >= 15 is 0 Å². The van der Waals surface area contributed by atoms with Crippen LogP contribution in [-0.4, -0.2) is 15.0 Å². The van der Waals surface area contributed by atoms with Crippen molar-refractivity contribution in [2.75, 3.05) is 5.32 Å². The van der Waals surface area contributed by atoms with Gasteiger partial charge in [0, 0.05) is 18.6 Å². The molecule has 0 spiro atoms. The molecule has 0 aliphatic heterocycles. The zero-order valence-electron chi connectivity index (χ0n) is 15.2. The van der Waals surface area contributed by atoms with Crippen LogP contribution in [0.2, 0.25) is 0 Å². The van der Waals surface area contributed by atoms with Crippen molar-refractivity contribution >= 4 is 11.6 Å². The standard InChI is InChI=1S/C20H28N4/c1-14-18(24-19-21-10-5-11-22-19)12-16(13-23-14)15-6-8-17(9-7-15)20(2,3)4/h5,10-13,15,17H,6-9H2,1-4H3,(H,21,22,24). The predicted octanol–water partition coefficient (Wildman–Crippen LogP) is 5.24. The van der Waals surface area contributed by atoms with Gasteiger partial charge in [-0.05, 0) is 67.6 Å². The Kier molecular flexibility index (Phi) is 4.83. The number of nitrogens with zero attached hydrogens (tertiary/aromatic N) is 3. The topological polar surface area (TPSA) is 50.7 Å². The molecule has 0 amide bonds. The Morgan fingerprint density at radius 1 is 1.00 bits per heavy atom. The summed E-state index contributed by atoms with van der Waals surface area (Å²) in [6, 6.07) is 4.06. The first kappa shape index (κ1) is 16.9. The molecule has 3 rings (SSSR count). The molecular formula is C20H28N4. The Balaban J connectivity index is 1.72. The number of hydrogen-bond donors (Lipinski definition) is 1. The van der Waals surface area contributed by atoms with Crippen molar-refractivity contribution in [3.63, 3.8) is 0 Å². The Labute approximate surface area is 145 Å². The van der Waals surface area contributed by atoms with Crippen LogP contribution in [0.25, 0.3) is 0 Å². The Bertz CT molecular complexity index is 668. The van der Waals surface area contributed by atoms with Gasteiger partial charge >= 0.3 is 0 Å². The van der Waals surface area contributed by atoms with Gasteiger partial charge in [-0.1, -0.05) is 20.8 Å². The van der Waals surface area contributed by atoms with Gasteiger partial charge in [0.15, 0.2) is 0 Å². The first-order chi connectivity index (χ1) is 11.4. The summed E-state index contributed by atoms with van der Waals surface area (Å²) in [4.78, 5) is 13.1. The zero-order valence-corrected chi connectivity index (χ0v) is 15.2. The van der Waals surface area contributed by atoms with Crippen LogP contribution in [0.1, 0.15) is 63.6 Å². The number of rotatable bonds is 3. The van der Waals surface area contributed by atoms with Crippen LogP contribution in [-0.2, 0) is 0 Å². The Hall–Kier alpha value is -1.97. The third-order valence-corrected chi connectivity index (χ3v) is 5.34. The molecule has 4 nitrogen and oxygen atoms in total. The summed E-state index contributed by atoms with van der Waals surface area (Å²) in [5.74, 6) is 2.08. The summed E-state index contributed by atoms with van der Waals surface area (Å²) in [6.45, 7) is 9.12. The van der Waals surface area contributed by atoms with Gasteiger partial charge in [0.2, 0.25) is 5.95 Å². The van der Waals surface area contributed by atoms with Gasteiger partial charge in [0.1, 0.15) is 0 Å². The van der Waals surface area contributed by atoms with E-state index in [9.17, 15) is 0 Å². The number of anilines is 2. The van der Waals surface area contributed by atoms with E-state index in [1.165, 1.54) is 31.2 Å². The molecule has 24 heavy (non-hydrogen) atoms. The fourth-order valence-electron chi connectivity index (χ4n) is 3.68. The van der Waals surface area contributed by atoms with Gasteiger partial charge in [0.25, 0.3) is 0 Å². The van der Waals surface area contributed by atoms with Crippen LogP contribution in [0.15, 0.2) is 30.7 Å². The van der Waals surface area contributed by atoms with E-state index in [1.54, 1.807) is 12.4 Å². The molecule has 4 heteroatoms. The van der Waals surface area contributed by atoms with Crippen molar-refractivity contribution < 1.29 is 0 Å². The molecule has 0 atom stereocenters. The van der Waals surface area contributed by atoms with E-state index in [4.69, 9.17) is 0 Å². The molecule has 128 valence electrons. The summed E-state index contributed by atoms with van der Waals surface area (Å²) < 4.78 is 0. The highest BCUT2D eigenvalue weighted by Crippen LogP contribution is 2.43. The summed E-state index contributed by atoms with van der Waals surface area (Å²) in [5.41, 5.74) is 3.76. The maximum Gasteiger partial charge on any atom is 0.227 e. The first-order valence-corrected chi connectivity index (χ1v) is 8.94. The van der Waals surface area contributed by atoms with E-state index in [1.807, 2.05) is 13.0 Å². The molecule has 1 saturated carbocycles. The number of pyridine rings is 1. The highest BCUT2D eigenvalue weighted by atomic mass is 15.1. The lowest BCUT2D eigenvalue weighted by Gasteiger charge is -2.37. The quantitative estimate of drug-likeness (QED) is 0.838. The lowest BCUT2D eigenvalue weighted by atomic mass is 9.69. The molecule has 2 heterocycles. The van der Waals surface area contributed by atoms with E-state index in [0.29, 0.717) is 17.3 Å². The van der Waals surface area contributed by atoms with Gasteiger partial charge in [-0.2, -0.15) is 0 Å². The number of hydrogen-bond acceptors (Lipinski definition) is 4. The predicted molar refractivity (Wildman–Crippen MR) is 98.4 cm³/mol. The van der Waals surface area contributed by atoms with E-state index in [-0.39, 0.29) is 0 Å². The highest BCUT2D eigenvalue weighted by Gasteiger charge is 2.30. The van der Waals surface area contributed by atoms with E-state index in [0.717, 1.165) is 17.3 Å². The SMILES string of the molecule is Cc1ncc(C2CCC(C(C)(C)C)CC2)cc1Nc1ncccn1. The highest BCUT2D eigenvalue weighted by molar-refractivity contribution is 5.57. The Morgan fingerprint density at radius 2 is 1.67 bits per heavy atom. The smallest absolute Gasteiger partial charge is 0.227 e. The van der Waals surface area contributed by atoms with Crippen molar-refractivity contribution in [1.82, 2.24) is 15.0 Å². The third-order valence-electron chi connectivity index (χ3n) is 5.34. The van der Waals surface area contributed by atoms with Gasteiger partial charge in [0.05, 0.1) is 11.4 Å². The largest absolute Gasteiger partial charge is 0.323 e. The molecular weight excluding hydrogens is 296 g/mol. The van der Waals surface area contributed by atoms with Crippen LogP contribution in [0.3, 0.4) is 0 Å². The van der Waals surface area contributed by atoms with Crippen molar-refractivity contribution in [3.8, 4) is 0 Å². The average Bonchev–Trinajstić information content (AvgIpc) is 2.57. The number of nitrogens with one attached hydrogen (secondary N) is 1. The van der Waals surface area contributed by atoms with Crippen LogP contribution in [0.4, 0.5) is 11.6 Å². The summed E-state index contributed by atoms with van der Waals surface area (Å²) in [7, 11) is 0. The van der Waals surface area contributed by atoms with Crippen molar-refractivity contribution in [3.05, 3.63) is 42.0 Å².